The maximum absolute atomic E-state index is 9.86. The molecule has 1 atom stereocenters. The zero-order valence-corrected chi connectivity index (χ0v) is 14.6. The molecule has 0 spiro atoms. The number of piperidine rings is 1. The fourth-order valence-electron chi connectivity index (χ4n) is 3.48. The van der Waals surface area contributed by atoms with Gasteiger partial charge in [-0.05, 0) is 36.8 Å². The number of aryl methyl sites for hydroxylation is 1. The molecule has 7 nitrogen and oxygen atoms in total. The van der Waals surface area contributed by atoms with Gasteiger partial charge in [-0.3, -0.25) is 0 Å². The molecule has 2 aliphatic rings. The molecule has 3 N–H and O–H groups in total. The third-order valence-corrected chi connectivity index (χ3v) is 4.85. The summed E-state index contributed by atoms with van der Waals surface area (Å²) < 4.78 is 6.05. The molecule has 1 aromatic carbocycles. The van der Waals surface area contributed by atoms with Crippen molar-refractivity contribution in [3.05, 3.63) is 47.0 Å². The monoisotopic (exact) mass is 351 g/mol. The van der Waals surface area contributed by atoms with Crippen LogP contribution in [0.4, 0.5) is 11.6 Å². The number of aromatic nitrogens is 1. The van der Waals surface area contributed by atoms with Crippen molar-refractivity contribution in [2.45, 2.75) is 32.1 Å². The Hall–Kier alpha value is -2.82. The average Bonchev–Trinajstić information content (AvgIpc) is 3.02. The van der Waals surface area contributed by atoms with Gasteiger partial charge in [-0.15, -0.1) is 0 Å². The number of hydrazine groups is 1. The molecule has 1 saturated heterocycles. The lowest BCUT2D eigenvalue weighted by Gasteiger charge is -2.34. The van der Waals surface area contributed by atoms with Gasteiger partial charge in [0.15, 0.2) is 6.23 Å². The fraction of sp³-hybridized carbons (Fsp3) is 0.368. The second-order valence-electron chi connectivity index (χ2n) is 6.68. The van der Waals surface area contributed by atoms with Crippen LogP contribution >= 0.6 is 0 Å². The Labute approximate surface area is 152 Å². The van der Waals surface area contributed by atoms with Crippen LogP contribution in [0.3, 0.4) is 0 Å². The van der Waals surface area contributed by atoms with Crippen molar-refractivity contribution < 1.29 is 9.84 Å². The van der Waals surface area contributed by atoms with Crippen molar-refractivity contribution in [2.24, 2.45) is 0 Å². The van der Waals surface area contributed by atoms with Crippen molar-refractivity contribution in [1.29, 1.82) is 5.26 Å². The number of nitrogens with one attached hydrogen (secondary N) is 2. The summed E-state index contributed by atoms with van der Waals surface area (Å²) in [5.41, 5.74) is 8.13. The van der Waals surface area contributed by atoms with Crippen LogP contribution in [0.1, 0.15) is 35.8 Å². The molecular weight excluding hydrogens is 330 g/mol. The Balaban J connectivity index is 1.42. The minimum Gasteiger partial charge on any atom is -0.490 e. The molecule has 1 unspecified atom stereocenters. The molecule has 3 heterocycles. The van der Waals surface area contributed by atoms with Crippen molar-refractivity contribution in [2.75, 3.05) is 23.4 Å². The summed E-state index contributed by atoms with van der Waals surface area (Å²) in [7, 11) is 0. The minimum atomic E-state index is -0.714. The van der Waals surface area contributed by atoms with E-state index in [4.69, 9.17) is 10.00 Å². The lowest BCUT2D eigenvalue weighted by Crippen LogP contribution is -2.39. The number of aliphatic hydroxyl groups excluding tert-OH is 1. The minimum absolute atomic E-state index is 0.136. The van der Waals surface area contributed by atoms with Crippen LogP contribution in [0.5, 0.6) is 5.75 Å². The van der Waals surface area contributed by atoms with Gasteiger partial charge in [0.25, 0.3) is 0 Å². The quantitative estimate of drug-likeness (QED) is 0.781. The smallest absolute Gasteiger partial charge is 0.150 e. The Bertz CT molecular complexity index is 855. The number of ether oxygens (including phenoxy) is 1. The summed E-state index contributed by atoms with van der Waals surface area (Å²) >= 11 is 0. The van der Waals surface area contributed by atoms with E-state index in [1.54, 1.807) is 12.1 Å². The second kappa shape index (κ2) is 6.83. The maximum Gasteiger partial charge on any atom is 0.150 e. The van der Waals surface area contributed by atoms with Crippen molar-refractivity contribution in [3.63, 3.8) is 0 Å². The molecule has 0 radical (unpaired) electrons. The molecule has 134 valence electrons. The predicted molar refractivity (Wildman–Crippen MR) is 97.7 cm³/mol. The SMILES string of the molecule is Cc1cc2c(nc1N1CCC(Oc3cccc(C#N)c3)CC1)NNC2O. The molecule has 1 fully saturated rings. The maximum atomic E-state index is 9.86. The summed E-state index contributed by atoms with van der Waals surface area (Å²) in [6.07, 6.45) is 1.21. The zero-order valence-electron chi connectivity index (χ0n) is 14.6. The van der Waals surface area contributed by atoms with Gasteiger partial charge in [0.1, 0.15) is 23.5 Å². The summed E-state index contributed by atoms with van der Waals surface area (Å²) in [4.78, 5) is 6.93. The number of nitriles is 1. The van der Waals surface area contributed by atoms with Gasteiger partial charge in [-0.1, -0.05) is 6.07 Å². The number of nitrogens with zero attached hydrogens (tertiary/aromatic N) is 3. The lowest BCUT2D eigenvalue weighted by molar-refractivity contribution is 0.159. The number of hydrogen-bond acceptors (Lipinski definition) is 7. The van der Waals surface area contributed by atoms with E-state index in [9.17, 15) is 5.11 Å². The highest BCUT2D eigenvalue weighted by Gasteiger charge is 2.26. The molecule has 2 aliphatic heterocycles. The first kappa shape index (κ1) is 16.6. The largest absolute Gasteiger partial charge is 0.490 e. The van der Waals surface area contributed by atoms with Gasteiger partial charge in [-0.2, -0.15) is 5.26 Å². The predicted octanol–water partition coefficient (Wildman–Crippen LogP) is 2.23. The van der Waals surface area contributed by atoms with Crippen LogP contribution in [-0.2, 0) is 0 Å². The van der Waals surface area contributed by atoms with Crippen molar-refractivity contribution >= 4 is 11.6 Å². The van der Waals surface area contributed by atoms with Crippen LogP contribution in [0.2, 0.25) is 0 Å². The molecule has 4 rings (SSSR count). The Morgan fingerprint density at radius 1 is 1.31 bits per heavy atom. The molecule has 0 aliphatic carbocycles. The molecule has 26 heavy (non-hydrogen) atoms. The van der Waals surface area contributed by atoms with E-state index in [1.807, 2.05) is 25.1 Å². The van der Waals surface area contributed by atoms with E-state index >= 15 is 0 Å². The summed E-state index contributed by atoms with van der Waals surface area (Å²) in [5, 5.41) is 18.8. The standard InChI is InChI=1S/C19H21N5O2/c1-12-9-16-17(22-23-19(16)25)21-18(12)24-7-5-14(6-8-24)26-15-4-2-3-13(10-15)11-20/h2-4,9-10,14,19,23,25H,5-8H2,1H3,(H,21,22). The number of fused-ring (bicyclic) bond motifs is 1. The molecule has 0 saturated carbocycles. The summed E-state index contributed by atoms with van der Waals surface area (Å²) in [6.45, 7) is 3.72. The highest BCUT2D eigenvalue weighted by Crippen LogP contribution is 2.32. The first-order valence-electron chi connectivity index (χ1n) is 8.77. The van der Waals surface area contributed by atoms with E-state index < -0.39 is 6.23 Å². The number of hydrogen-bond donors (Lipinski definition) is 3. The van der Waals surface area contributed by atoms with Crippen LogP contribution in [0.25, 0.3) is 0 Å². The first-order chi connectivity index (χ1) is 12.6. The topological polar surface area (TPSA) is 93.4 Å². The fourth-order valence-corrected chi connectivity index (χ4v) is 3.48. The normalized spacial score (nSPS) is 19.6. The van der Waals surface area contributed by atoms with Crippen molar-refractivity contribution in [3.8, 4) is 11.8 Å². The van der Waals surface area contributed by atoms with Crippen molar-refractivity contribution in [1.82, 2.24) is 10.4 Å². The highest BCUT2D eigenvalue weighted by atomic mass is 16.5. The number of aliphatic hydroxyl groups is 1. The van der Waals surface area contributed by atoms with Gasteiger partial charge in [0.2, 0.25) is 0 Å². The van der Waals surface area contributed by atoms with Crippen LogP contribution in [-0.4, -0.2) is 29.3 Å². The summed E-state index contributed by atoms with van der Waals surface area (Å²) in [5.74, 6) is 2.38. The molecule has 2 aromatic rings. The van der Waals surface area contributed by atoms with E-state index in [0.717, 1.165) is 48.6 Å². The molecule has 1 aromatic heterocycles. The number of benzene rings is 1. The molecule has 0 amide bonds. The second-order valence-corrected chi connectivity index (χ2v) is 6.68. The number of rotatable bonds is 3. The van der Waals surface area contributed by atoms with E-state index in [0.29, 0.717) is 11.4 Å². The van der Waals surface area contributed by atoms with Gasteiger partial charge in [0, 0.05) is 31.5 Å². The summed E-state index contributed by atoms with van der Waals surface area (Å²) in [6, 6.07) is 11.4. The van der Waals surface area contributed by atoms with Crippen LogP contribution in [0, 0.1) is 18.3 Å². The van der Waals surface area contributed by atoms with Gasteiger partial charge in [0.05, 0.1) is 11.6 Å². The van der Waals surface area contributed by atoms with E-state index in [1.165, 1.54) is 0 Å². The average molecular weight is 351 g/mol. The third-order valence-electron chi connectivity index (χ3n) is 4.85. The van der Waals surface area contributed by atoms with Gasteiger partial charge in [-0.25, -0.2) is 10.4 Å². The Morgan fingerprint density at radius 2 is 2.12 bits per heavy atom. The number of pyridine rings is 1. The lowest BCUT2D eigenvalue weighted by atomic mass is 10.1. The highest BCUT2D eigenvalue weighted by molar-refractivity contribution is 5.59. The number of anilines is 2. The zero-order chi connectivity index (χ0) is 18.1. The van der Waals surface area contributed by atoms with Crippen LogP contribution < -0.4 is 20.5 Å². The van der Waals surface area contributed by atoms with Gasteiger partial charge >= 0.3 is 0 Å². The van der Waals surface area contributed by atoms with E-state index in [2.05, 4.69) is 26.8 Å². The molecule has 7 heteroatoms. The molecule has 0 bridgehead atoms. The first-order valence-corrected chi connectivity index (χ1v) is 8.77. The van der Waals surface area contributed by atoms with Crippen LogP contribution in [0.15, 0.2) is 30.3 Å². The third kappa shape index (κ3) is 3.17. The Kier molecular flexibility index (Phi) is 4.37. The van der Waals surface area contributed by atoms with Gasteiger partial charge < -0.3 is 20.2 Å². The Morgan fingerprint density at radius 3 is 2.88 bits per heavy atom. The molecular formula is C19H21N5O2. The van der Waals surface area contributed by atoms with E-state index in [-0.39, 0.29) is 6.10 Å².